The second-order valence-electron chi connectivity index (χ2n) is 4.52. The molecule has 1 unspecified atom stereocenters. The number of ether oxygens (including phenoxy) is 3. The number of nitrogens with two attached hydrogens (primary N) is 1. The van der Waals surface area contributed by atoms with Crippen molar-refractivity contribution in [3.05, 3.63) is 24.3 Å². The standard InChI is InChI=1S/C14H22N2O3/c1-17-13-2-4-14(5-3-13)19-11-12(10-15)16-6-8-18-9-7-16/h2-5,12H,6-11,15H2,1H3. The first-order valence-corrected chi connectivity index (χ1v) is 6.62. The van der Waals surface area contributed by atoms with Gasteiger partial charge in [0.25, 0.3) is 0 Å². The fourth-order valence-corrected chi connectivity index (χ4v) is 2.13. The molecule has 5 nitrogen and oxygen atoms in total. The number of rotatable bonds is 6. The third kappa shape index (κ3) is 4.09. The Balaban J connectivity index is 1.84. The first-order valence-electron chi connectivity index (χ1n) is 6.62. The van der Waals surface area contributed by atoms with E-state index in [-0.39, 0.29) is 6.04 Å². The fraction of sp³-hybridized carbons (Fsp3) is 0.571. The zero-order chi connectivity index (χ0) is 13.5. The molecular weight excluding hydrogens is 244 g/mol. The van der Waals surface area contributed by atoms with Gasteiger partial charge in [-0.25, -0.2) is 0 Å². The van der Waals surface area contributed by atoms with Crippen LogP contribution in [0.3, 0.4) is 0 Å². The summed E-state index contributed by atoms with van der Waals surface area (Å²) in [4.78, 5) is 2.33. The largest absolute Gasteiger partial charge is 0.497 e. The Bertz CT molecular complexity index is 363. The van der Waals surface area contributed by atoms with Crippen molar-refractivity contribution in [2.45, 2.75) is 6.04 Å². The van der Waals surface area contributed by atoms with Gasteiger partial charge >= 0.3 is 0 Å². The van der Waals surface area contributed by atoms with Crippen molar-refractivity contribution in [3.63, 3.8) is 0 Å². The van der Waals surface area contributed by atoms with Crippen LogP contribution in [0.5, 0.6) is 11.5 Å². The molecule has 1 atom stereocenters. The van der Waals surface area contributed by atoms with Crippen LogP contribution >= 0.6 is 0 Å². The number of benzene rings is 1. The average molecular weight is 266 g/mol. The Morgan fingerprint density at radius 1 is 1.21 bits per heavy atom. The maximum absolute atomic E-state index is 5.83. The minimum atomic E-state index is 0.242. The summed E-state index contributed by atoms with van der Waals surface area (Å²) in [6, 6.07) is 7.84. The Labute approximate surface area is 114 Å². The minimum absolute atomic E-state index is 0.242. The van der Waals surface area contributed by atoms with Crippen LogP contribution < -0.4 is 15.2 Å². The lowest BCUT2D eigenvalue weighted by atomic mass is 10.2. The van der Waals surface area contributed by atoms with Crippen molar-refractivity contribution in [2.24, 2.45) is 5.73 Å². The number of hydrogen-bond acceptors (Lipinski definition) is 5. The highest BCUT2D eigenvalue weighted by Crippen LogP contribution is 2.17. The van der Waals surface area contributed by atoms with Gasteiger partial charge < -0.3 is 19.9 Å². The first-order chi connectivity index (χ1) is 9.33. The monoisotopic (exact) mass is 266 g/mol. The zero-order valence-corrected chi connectivity index (χ0v) is 11.4. The molecule has 0 spiro atoms. The molecule has 0 aromatic heterocycles. The van der Waals surface area contributed by atoms with Crippen molar-refractivity contribution in [2.75, 3.05) is 46.6 Å². The van der Waals surface area contributed by atoms with Crippen molar-refractivity contribution in [1.82, 2.24) is 4.90 Å². The Kier molecular flexibility index (Phi) is 5.44. The SMILES string of the molecule is COc1ccc(OCC(CN)N2CCOCC2)cc1. The van der Waals surface area contributed by atoms with Crippen molar-refractivity contribution in [1.29, 1.82) is 0 Å². The summed E-state index contributed by atoms with van der Waals surface area (Å²) in [5.74, 6) is 1.67. The lowest BCUT2D eigenvalue weighted by molar-refractivity contribution is 0.00823. The minimum Gasteiger partial charge on any atom is -0.497 e. The molecule has 1 aromatic rings. The molecule has 1 heterocycles. The second kappa shape index (κ2) is 7.33. The summed E-state index contributed by atoms with van der Waals surface area (Å²) in [6.07, 6.45) is 0. The van der Waals surface area contributed by atoms with E-state index in [0.717, 1.165) is 37.8 Å². The molecule has 106 valence electrons. The van der Waals surface area contributed by atoms with E-state index in [9.17, 15) is 0 Å². The highest BCUT2D eigenvalue weighted by atomic mass is 16.5. The summed E-state index contributed by atoms with van der Waals surface area (Å²) in [6.45, 7) is 4.60. The average Bonchev–Trinajstić information content (AvgIpc) is 2.49. The van der Waals surface area contributed by atoms with Gasteiger partial charge in [0, 0.05) is 19.6 Å². The lowest BCUT2D eigenvalue weighted by Gasteiger charge is -2.33. The summed E-state index contributed by atoms with van der Waals surface area (Å²) < 4.78 is 16.3. The van der Waals surface area contributed by atoms with Gasteiger partial charge in [0.05, 0.1) is 26.4 Å². The maximum atomic E-state index is 5.83. The number of morpholine rings is 1. The Morgan fingerprint density at radius 3 is 2.42 bits per heavy atom. The molecular formula is C14H22N2O3. The van der Waals surface area contributed by atoms with E-state index in [2.05, 4.69) is 4.90 Å². The highest BCUT2D eigenvalue weighted by molar-refractivity contribution is 5.31. The Hall–Kier alpha value is -1.30. The van der Waals surface area contributed by atoms with E-state index in [0.29, 0.717) is 13.2 Å². The smallest absolute Gasteiger partial charge is 0.119 e. The van der Waals surface area contributed by atoms with Gasteiger partial charge in [-0.15, -0.1) is 0 Å². The van der Waals surface area contributed by atoms with Crippen LogP contribution in [0.4, 0.5) is 0 Å². The summed E-state index contributed by atoms with van der Waals surface area (Å²) in [5, 5.41) is 0. The highest BCUT2D eigenvalue weighted by Gasteiger charge is 2.20. The molecule has 1 aromatic carbocycles. The fourth-order valence-electron chi connectivity index (χ4n) is 2.13. The van der Waals surface area contributed by atoms with E-state index in [1.54, 1.807) is 7.11 Å². The molecule has 2 N–H and O–H groups in total. The van der Waals surface area contributed by atoms with E-state index in [1.807, 2.05) is 24.3 Å². The molecule has 1 aliphatic heterocycles. The first kappa shape index (κ1) is 14.1. The normalized spacial score (nSPS) is 18.0. The quantitative estimate of drug-likeness (QED) is 0.823. The molecule has 0 radical (unpaired) electrons. The molecule has 0 aliphatic carbocycles. The van der Waals surface area contributed by atoms with Crippen LogP contribution in [-0.4, -0.2) is 57.5 Å². The van der Waals surface area contributed by atoms with Crippen LogP contribution in [0.25, 0.3) is 0 Å². The molecule has 1 fully saturated rings. The third-order valence-corrected chi connectivity index (χ3v) is 3.34. The number of methoxy groups -OCH3 is 1. The topological polar surface area (TPSA) is 57.0 Å². The molecule has 0 amide bonds. The van der Waals surface area contributed by atoms with Gasteiger partial charge in [-0.05, 0) is 24.3 Å². The number of hydrogen-bond donors (Lipinski definition) is 1. The van der Waals surface area contributed by atoms with Crippen molar-refractivity contribution >= 4 is 0 Å². The van der Waals surface area contributed by atoms with E-state index >= 15 is 0 Å². The maximum Gasteiger partial charge on any atom is 0.119 e. The van der Waals surface area contributed by atoms with Crippen molar-refractivity contribution in [3.8, 4) is 11.5 Å². The lowest BCUT2D eigenvalue weighted by Crippen LogP contribution is -2.49. The van der Waals surface area contributed by atoms with Gasteiger partial charge in [0.1, 0.15) is 18.1 Å². The zero-order valence-electron chi connectivity index (χ0n) is 11.4. The van der Waals surface area contributed by atoms with E-state index in [1.165, 1.54) is 0 Å². The molecule has 1 saturated heterocycles. The molecule has 0 bridgehead atoms. The molecule has 1 aliphatic rings. The van der Waals surface area contributed by atoms with E-state index in [4.69, 9.17) is 19.9 Å². The van der Waals surface area contributed by atoms with Gasteiger partial charge in [0.2, 0.25) is 0 Å². The molecule has 0 saturated carbocycles. The molecule has 2 rings (SSSR count). The summed E-state index contributed by atoms with van der Waals surface area (Å²) in [5.41, 5.74) is 5.83. The van der Waals surface area contributed by atoms with Crippen LogP contribution in [0.1, 0.15) is 0 Å². The predicted molar refractivity (Wildman–Crippen MR) is 73.7 cm³/mol. The van der Waals surface area contributed by atoms with Crippen molar-refractivity contribution < 1.29 is 14.2 Å². The van der Waals surface area contributed by atoms with Gasteiger partial charge in [-0.2, -0.15) is 0 Å². The second-order valence-corrected chi connectivity index (χ2v) is 4.52. The summed E-state index contributed by atoms with van der Waals surface area (Å²) >= 11 is 0. The van der Waals surface area contributed by atoms with Crippen LogP contribution in [0, 0.1) is 0 Å². The van der Waals surface area contributed by atoms with Crippen LogP contribution in [0.15, 0.2) is 24.3 Å². The summed E-state index contributed by atoms with van der Waals surface area (Å²) in [7, 11) is 1.65. The van der Waals surface area contributed by atoms with Crippen LogP contribution in [0.2, 0.25) is 0 Å². The van der Waals surface area contributed by atoms with Gasteiger partial charge in [-0.3, -0.25) is 4.90 Å². The van der Waals surface area contributed by atoms with Gasteiger partial charge in [0.15, 0.2) is 0 Å². The molecule has 19 heavy (non-hydrogen) atoms. The third-order valence-electron chi connectivity index (χ3n) is 3.34. The van der Waals surface area contributed by atoms with Crippen LogP contribution in [-0.2, 0) is 4.74 Å². The Morgan fingerprint density at radius 2 is 1.84 bits per heavy atom. The predicted octanol–water partition coefficient (Wildman–Crippen LogP) is 0.734. The van der Waals surface area contributed by atoms with Gasteiger partial charge in [-0.1, -0.05) is 0 Å². The number of nitrogens with zero attached hydrogens (tertiary/aromatic N) is 1. The molecule has 5 heteroatoms. The van der Waals surface area contributed by atoms with E-state index < -0.39 is 0 Å².